The molecule has 7 heavy (non-hydrogen) atoms. The predicted octanol–water partition coefficient (Wildman–Crippen LogP) is -4.17. The van der Waals surface area contributed by atoms with Gasteiger partial charge >= 0.3 is 65.6 Å². The van der Waals surface area contributed by atoms with Gasteiger partial charge in [0.05, 0.1) is 0 Å². The van der Waals surface area contributed by atoms with E-state index in [1.54, 1.807) is 0 Å². The van der Waals surface area contributed by atoms with Gasteiger partial charge in [0, 0.05) is 0 Å². The Kier molecular flexibility index (Phi) is 13.8. The van der Waals surface area contributed by atoms with E-state index in [0.29, 0.717) is 0 Å². The van der Waals surface area contributed by atoms with Crippen LogP contribution in [0.1, 0.15) is 0 Å². The molecule has 0 unspecified atom stereocenters. The molecule has 0 aliphatic carbocycles. The fraction of sp³-hybridized carbons (Fsp3) is 0. The quantitative estimate of drug-likeness (QED) is 0.261. The third kappa shape index (κ3) is 75.6. The summed E-state index contributed by atoms with van der Waals surface area (Å²) in [6.07, 6.45) is 0. The minimum atomic E-state index is -4.61. The SMILES string of the molecule is O[Si](O)(O)O.[CaH2].[LiH]. The van der Waals surface area contributed by atoms with Crippen molar-refractivity contribution < 1.29 is 19.2 Å². The first-order valence-corrected chi connectivity index (χ1v) is 2.68. The van der Waals surface area contributed by atoms with Gasteiger partial charge in [0.2, 0.25) is 0 Å². The van der Waals surface area contributed by atoms with Crippen LogP contribution in [0.25, 0.3) is 0 Å². The third-order valence-corrected chi connectivity index (χ3v) is 0. The van der Waals surface area contributed by atoms with Gasteiger partial charge in [-0.2, -0.15) is 0 Å². The summed E-state index contributed by atoms with van der Waals surface area (Å²) >= 11 is 0. The van der Waals surface area contributed by atoms with Gasteiger partial charge in [-0.3, -0.25) is 0 Å². The molecule has 38 valence electrons. The van der Waals surface area contributed by atoms with Gasteiger partial charge < -0.3 is 19.2 Å². The van der Waals surface area contributed by atoms with Crippen molar-refractivity contribution in [1.82, 2.24) is 0 Å². The van der Waals surface area contributed by atoms with E-state index in [9.17, 15) is 0 Å². The Hall–Kier alpha value is 1.91. The Morgan fingerprint density at radius 2 is 0.857 bits per heavy atom. The van der Waals surface area contributed by atoms with Crippen LogP contribution in [0.5, 0.6) is 0 Å². The molecule has 0 aromatic carbocycles. The Balaban J connectivity index is -0.0000000800. The molecule has 0 rings (SSSR count). The van der Waals surface area contributed by atoms with Gasteiger partial charge in [0.25, 0.3) is 0 Å². The first-order valence-electron chi connectivity index (χ1n) is 0.894. The maximum atomic E-state index is 7.33. The molecule has 0 aromatic rings. The van der Waals surface area contributed by atoms with Crippen LogP contribution in [0.2, 0.25) is 0 Å². The van der Waals surface area contributed by atoms with Crippen LogP contribution in [-0.2, 0) is 0 Å². The summed E-state index contributed by atoms with van der Waals surface area (Å²) in [5.74, 6) is 0. The molecule has 4 N–H and O–H groups in total. The van der Waals surface area contributed by atoms with E-state index in [4.69, 9.17) is 19.2 Å². The second-order valence-electron chi connectivity index (χ2n) is 0.600. The van der Waals surface area contributed by atoms with Crippen molar-refractivity contribution in [2.75, 3.05) is 0 Å². The van der Waals surface area contributed by atoms with Crippen LogP contribution < -0.4 is 0 Å². The molecule has 0 aromatic heterocycles. The summed E-state index contributed by atoms with van der Waals surface area (Å²) in [5.41, 5.74) is 0. The van der Waals surface area contributed by atoms with Crippen LogP contribution in [0.15, 0.2) is 0 Å². The Labute approximate surface area is 83.8 Å². The third-order valence-electron chi connectivity index (χ3n) is 0. The molecule has 0 fully saturated rings. The molecule has 0 heterocycles. The summed E-state index contributed by atoms with van der Waals surface area (Å²) < 4.78 is 0. The van der Waals surface area contributed by atoms with Crippen molar-refractivity contribution in [1.29, 1.82) is 0 Å². The molecule has 0 aliphatic rings. The first kappa shape index (κ1) is 16.0. The molecule has 0 radical (unpaired) electrons. The second-order valence-corrected chi connectivity index (χ2v) is 1.80. The minimum absolute atomic E-state index is 0. The van der Waals surface area contributed by atoms with Crippen molar-refractivity contribution in [3.05, 3.63) is 0 Å². The van der Waals surface area contributed by atoms with Gasteiger partial charge in [-0.15, -0.1) is 0 Å². The van der Waals surface area contributed by atoms with Crippen LogP contribution in [0.4, 0.5) is 0 Å². The summed E-state index contributed by atoms with van der Waals surface area (Å²) in [6, 6.07) is 0. The zero-order valence-corrected chi connectivity index (χ0v) is 3.29. The zero-order valence-electron chi connectivity index (χ0n) is 2.29. The second kappa shape index (κ2) is 6.04. The predicted molar refractivity (Wildman–Crippen MR) is 30.3 cm³/mol. The zero-order chi connectivity index (χ0) is 4.50. The molecule has 0 atom stereocenters. The fourth-order valence-corrected chi connectivity index (χ4v) is 0. The molecule has 0 spiro atoms. The van der Waals surface area contributed by atoms with Gasteiger partial charge in [0.15, 0.2) is 0 Å². The summed E-state index contributed by atoms with van der Waals surface area (Å²) in [7, 11) is -4.61. The summed E-state index contributed by atoms with van der Waals surface area (Å²) in [4.78, 5) is 29.3. The number of rotatable bonds is 0. The van der Waals surface area contributed by atoms with Gasteiger partial charge in [0.1, 0.15) is 0 Å². The molecule has 7 heteroatoms. The molecule has 0 aliphatic heterocycles. The Morgan fingerprint density at radius 1 is 0.857 bits per heavy atom. The van der Waals surface area contributed by atoms with Gasteiger partial charge in [-0.25, -0.2) is 0 Å². The average molecular weight is 146 g/mol. The van der Waals surface area contributed by atoms with Crippen molar-refractivity contribution >= 4 is 65.6 Å². The van der Waals surface area contributed by atoms with Crippen molar-refractivity contribution in [2.24, 2.45) is 0 Å². The normalized spacial score (nSPS) is 8.57. The Bertz CT molecular complexity index is 27.2. The molecular formula is H7CaLiO4Si. The van der Waals surface area contributed by atoms with E-state index in [1.165, 1.54) is 0 Å². The van der Waals surface area contributed by atoms with Crippen molar-refractivity contribution in [3.63, 3.8) is 0 Å². The Morgan fingerprint density at radius 3 is 0.857 bits per heavy atom. The van der Waals surface area contributed by atoms with E-state index in [2.05, 4.69) is 0 Å². The van der Waals surface area contributed by atoms with Crippen molar-refractivity contribution in [3.8, 4) is 0 Å². The maximum absolute atomic E-state index is 7.33. The summed E-state index contributed by atoms with van der Waals surface area (Å²) in [5, 5.41) is 0. The monoisotopic (exact) mass is 146 g/mol. The van der Waals surface area contributed by atoms with E-state index < -0.39 is 9.05 Å². The first-order chi connectivity index (χ1) is 2.00. The molecule has 0 amide bonds. The average Bonchev–Trinajstić information content (AvgIpc) is 0.722. The number of hydrogen-bond donors (Lipinski definition) is 4. The molecular weight excluding hydrogens is 139 g/mol. The topological polar surface area (TPSA) is 80.9 Å². The number of hydrogen-bond acceptors (Lipinski definition) is 4. The molecule has 0 saturated heterocycles. The van der Waals surface area contributed by atoms with E-state index in [0.717, 1.165) is 0 Å². The van der Waals surface area contributed by atoms with Crippen LogP contribution in [0.3, 0.4) is 0 Å². The summed E-state index contributed by atoms with van der Waals surface area (Å²) in [6.45, 7) is 0. The van der Waals surface area contributed by atoms with Crippen LogP contribution in [0, 0.1) is 0 Å². The van der Waals surface area contributed by atoms with E-state index in [1.807, 2.05) is 0 Å². The fourth-order valence-electron chi connectivity index (χ4n) is 0. The van der Waals surface area contributed by atoms with Gasteiger partial charge in [-0.05, 0) is 0 Å². The standard InChI is InChI=1S/Ca.Li.H4O4Si.3H/c;;1-5(2,3)4;;;/h;;1-4H;;;. The van der Waals surface area contributed by atoms with Gasteiger partial charge in [-0.1, -0.05) is 0 Å². The van der Waals surface area contributed by atoms with Crippen molar-refractivity contribution in [2.45, 2.75) is 0 Å². The molecule has 0 bridgehead atoms. The van der Waals surface area contributed by atoms with Crippen LogP contribution in [-0.4, -0.2) is 84.8 Å². The van der Waals surface area contributed by atoms with Crippen LogP contribution >= 0.6 is 0 Å². The molecule has 4 nitrogen and oxygen atoms in total. The van der Waals surface area contributed by atoms with E-state index in [-0.39, 0.29) is 56.6 Å². The molecule has 0 saturated carbocycles. The van der Waals surface area contributed by atoms with E-state index >= 15 is 0 Å².